The zero-order valence-corrected chi connectivity index (χ0v) is 15.3. The SMILES string of the molecule is CC(C)(C)[Si](C)(C)OC(CC#CBr)CC#CBr. The molecule has 0 rings (SSSR count). The molecule has 0 aromatic heterocycles. The molecule has 0 bridgehead atoms. The van der Waals surface area contributed by atoms with Gasteiger partial charge in [0.1, 0.15) is 0 Å². The highest BCUT2D eigenvalue weighted by atomic mass is 79.9. The third kappa shape index (κ3) is 6.67. The lowest BCUT2D eigenvalue weighted by Gasteiger charge is -2.38. The Hall–Kier alpha value is 0.257. The smallest absolute Gasteiger partial charge is 0.192 e. The number of rotatable bonds is 4. The van der Waals surface area contributed by atoms with E-state index in [2.05, 4.69) is 87.2 Å². The minimum absolute atomic E-state index is 0.103. The van der Waals surface area contributed by atoms with Crippen LogP contribution in [0.2, 0.25) is 18.1 Å². The maximum atomic E-state index is 6.30. The van der Waals surface area contributed by atoms with Crippen molar-refractivity contribution in [3.63, 3.8) is 0 Å². The summed E-state index contributed by atoms with van der Waals surface area (Å²) >= 11 is 6.23. The number of hydrogen-bond acceptors (Lipinski definition) is 1. The Morgan fingerprint density at radius 1 is 1.06 bits per heavy atom. The molecule has 1 nitrogen and oxygen atoms in total. The summed E-state index contributed by atoms with van der Waals surface area (Å²) in [6, 6.07) is 0. The van der Waals surface area contributed by atoms with Crippen LogP contribution in [0.1, 0.15) is 33.6 Å². The molecule has 0 saturated heterocycles. The third-order valence-electron chi connectivity index (χ3n) is 3.06. The van der Waals surface area contributed by atoms with Crippen molar-refractivity contribution in [3.05, 3.63) is 0 Å². The molecule has 0 fully saturated rings. The van der Waals surface area contributed by atoms with E-state index in [-0.39, 0.29) is 11.1 Å². The summed E-state index contributed by atoms with van der Waals surface area (Å²) < 4.78 is 6.30. The molecule has 0 radical (unpaired) electrons. The first kappa shape index (κ1) is 17.3. The van der Waals surface area contributed by atoms with Gasteiger partial charge in [-0.15, -0.1) is 0 Å². The summed E-state index contributed by atoms with van der Waals surface area (Å²) in [5.74, 6) is 6.02. The molecule has 0 aliphatic rings. The van der Waals surface area contributed by atoms with E-state index in [0.29, 0.717) is 0 Å². The van der Waals surface area contributed by atoms with Crippen LogP contribution in [0.3, 0.4) is 0 Å². The summed E-state index contributed by atoms with van der Waals surface area (Å²) in [4.78, 5) is 5.47. The summed E-state index contributed by atoms with van der Waals surface area (Å²) in [6.45, 7) is 11.2. The Balaban J connectivity index is 4.69. The maximum Gasteiger partial charge on any atom is 0.192 e. The molecule has 0 heterocycles. The first-order chi connectivity index (χ1) is 7.74. The summed E-state index contributed by atoms with van der Waals surface area (Å²) in [7, 11) is -1.73. The topological polar surface area (TPSA) is 9.23 Å². The fourth-order valence-corrected chi connectivity index (χ4v) is 2.73. The zero-order chi connectivity index (χ0) is 13.5. The van der Waals surface area contributed by atoms with Gasteiger partial charge in [0, 0.05) is 44.7 Å². The van der Waals surface area contributed by atoms with Gasteiger partial charge in [0.2, 0.25) is 0 Å². The van der Waals surface area contributed by atoms with Crippen LogP contribution < -0.4 is 0 Å². The van der Waals surface area contributed by atoms with Crippen LogP contribution in [0.25, 0.3) is 0 Å². The van der Waals surface area contributed by atoms with Gasteiger partial charge in [-0.05, 0) is 27.8 Å². The van der Waals surface area contributed by atoms with E-state index in [9.17, 15) is 0 Å². The summed E-state index contributed by atoms with van der Waals surface area (Å²) in [5.41, 5.74) is 0. The fraction of sp³-hybridized carbons (Fsp3) is 0.692. The van der Waals surface area contributed by atoms with Gasteiger partial charge in [-0.1, -0.05) is 32.6 Å². The molecule has 0 atom stereocenters. The molecule has 17 heavy (non-hydrogen) atoms. The molecule has 0 aromatic carbocycles. The summed E-state index contributed by atoms with van der Waals surface area (Å²) in [6.07, 6.45) is 1.55. The van der Waals surface area contributed by atoms with Gasteiger partial charge < -0.3 is 4.43 Å². The highest BCUT2D eigenvalue weighted by Gasteiger charge is 2.38. The van der Waals surface area contributed by atoms with E-state index < -0.39 is 8.32 Å². The lowest BCUT2D eigenvalue weighted by molar-refractivity contribution is 0.191. The Morgan fingerprint density at radius 3 is 1.76 bits per heavy atom. The Bertz CT molecular complexity index is 328. The maximum absolute atomic E-state index is 6.30. The predicted molar refractivity (Wildman–Crippen MR) is 84.7 cm³/mol. The van der Waals surface area contributed by atoms with Crippen LogP contribution in [-0.2, 0) is 4.43 Å². The largest absolute Gasteiger partial charge is 0.412 e. The summed E-state index contributed by atoms with van der Waals surface area (Å²) in [5, 5.41) is 0.217. The van der Waals surface area contributed by atoms with Crippen molar-refractivity contribution in [1.29, 1.82) is 0 Å². The van der Waals surface area contributed by atoms with Crippen LogP contribution in [0.5, 0.6) is 0 Å². The Morgan fingerprint density at radius 2 is 1.47 bits per heavy atom. The van der Waals surface area contributed by atoms with Crippen molar-refractivity contribution in [2.24, 2.45) is 0 Å². The lowest BCUT2D eigenvalue weighted by Crippen LogP contribution is -2.43. The van der Waals surface area contributed by atoms with Gasteiger partial charge in [-0.25, -0.2) is 0 Å². The molecule has 4 heteroatoms. The van der Waals surface area contributed by atoms with Crippen molar-refractivity contribution < 1.29 is 4.43 Å². The van der Waals surface area contributed by atoms with Gasteiger partial charge in [-0.2, -0.15) is 0 Å². The van der Waals surface area contributed by atoms with E-state index in [1.807, 2.05) is 0 Å². The van der Waals surface area contributed by atoms with Gasteiger partial charge in [0.05, 0.1) is 6.10 Å². The number of hydrogen-bond donors (Lipinski definition) is 0. The van der Waals surface area contributed by atoms with Crippen molar-refractivity contribution in [1.82, 2.24) is 0 Å². The molecule has 0 saturated carbocycles. The standard InChI is InChI=1S/C13H20Br2OSi/c1-13(2,3)17(4,5)16-12(8-6-10-14)9-7-11-15/h12H,8-9H2,1-5H3. The van der Waals surface area contributed by atoms with E-state index in [4.69, 9.17) is 4.43 Å². The molecular formula is C13H20Br2OSi. The molecule has 0 aliphatic carbocycles. The number of halogens is 2. The van der Waals surface area contributed by atoms with Gasteiger partial charge in [0.15, 0.2) is 8.32 Å². The highest BCUT2D eigenvalue weighted by molar-refractivity contribution is 9.12. The first-order valence-electron chi connectivity index (χ1n) is 5.59. The minimum atomic E-state index is -1.73. The van der Waals surface area contributed by atoms with Crippen molar-refractivity contribution in [3.8, 4) is 21.5 Å². The Kier molecular flexibility index (Phi) is 7.75. The minimum Gasteiger partial charge on any atom is -0.412 e. The molecule has 0 amide bonds. The van der Waals surface area contributed by atoms with Crippen LogP contribution in [0, 0.1) is 21.5 Å². The van der Waals surface area contributed by atoms with Crippen LogP contribution in [0.15, 0.2) is 0 Å². The van der Waals surface area contributed by atoms with E-state index in [1.54, 1.807) is 0 Å². The second-order valence-electron chi connectivity index (χ2n) is 5.45. The monoisotopic (exact) mass is 378 g/mol. The van der Waals surface area contributed by atoms with Crippen molar-refractivity contribution >= 4 is 40.2 Å². The average molecular weight is 380 g/mol. The zero-order valence-electron chi connectivity index (χ0n) is 11.2. The molecule has 0 aliphatic heterocycles. The first-order valence-corrected chi connectivity index (χ1v) is 10.1. The average Bonchev–Trinajstić information content (AvgIpc) is 2.20. The second-order valence-corrected chi connectivity index (χ2v) is 11.0. The molecule has 0 unspecified atom stereocenters. The normalized spacial score (nSPS) is 11.5. The molecule has 0 N–H and O–H groups in total. The van der Waals surface area contributed by atoms with Gasteiger partial charge in [0.25, 0.3) is 0 Å². The van der Waals surface area contributed by atoms with Crippen LogP contribution in [0.4, 0.5) is 0 Å². The van der Waals surface area contributed by atoms with E-state index in [1.165, 1.54) is 0 Å². The molecule has 96 valence electrons. The third-order valence-corrected chi connectivity index (χ3v) is 8.16. The molecule has 0 aromatic rings. The van der Waals surface area contributed by atoms with Crippen molar-refractivity contribution in [2.45, 2.75) is 57.8 Å². The molecule has 0 spiro atoms. The Labute approximate surface area is 123 Å². The van der Waals surface area contributed by atoms with Crippen molar-refractivity contribution in [2.75, 3.05) is 0 Å². The van der Waals surface area contributed by atoms with Crippen LogP contribution in [-0.4, -0.2) is 14.4 Å². The molecular weight excluding hydrogens is 360 g/mol. The lowest BCUT2D eigenvalue weighted by atomic mass is 10.2. The quantitative estimate of drug-likeness (QED) is 0.500. The highest BCUT2D eigenvalue weighted by Crippen LogP contribution is 2.37. The fourth-order valence-electron chi connectivity index (χ4n) is 1.05. The van der Waals surface area contributed by atoms with Gasteiger partial charge in [-0.3, -0.25) is 0 Å². The van der Waals surface area contributed by atoms with E-state index >= 15 is 0 Å². The van der Waals surface area contributed by atoms with E-state index in [0.717, 1.165) is 12.8 Å². The predicted octanol–water partition coefficient (Wildman–Crippen LogP) is 4.87. The van der Waals surface area contributed by atoms with Crippen LogP contribution >= 0.6 is 31.9 Å². The van der Waals surface area contributed by atoms with Gasteiger partial charge >= 0.3 is 0 Å². The second kappa shape index (κ2) is 7.64.